The Hall–Kier alpha value is -2.90. The molecule has 1 saturated heterocycles. The third kappa shape index (κ3) is 5.10. The van der Waals surface area contributed by atoms with Gasteiger partial charge in [-0.1, -0.05) is 31.2 Å². The smallest absolute Gasteiger partial charge is 0.253 e. The number of H-pyrrole nitrogens is 1. The molecule has 0 spiro atoms. The van der Waals surface area contributed by atoms with Gasteiger partial charge in [0.05, 0.1) is 24.9 Å². The molecule has 0 amide bonds. The van der Waals surface area contributed by atoms with E-state index in [1.165, 1.54) is 12.0 Å². The molecular formula is C27H34N4O2S. The zero-order valence-corrected chi connectivity index (χ0v) is 21.3. The normalized spacial score (nSPS) is 16.1. The van der Waals surface area contributed by atoms with Crippen molar-refractivity contribution in [2.45, 2.75) is 46.2 Å². The van der Waals surface area contributed by atoms with E-state index < -0.39 is 0 Å². The third-order valence-electron chi connectivity index (χ3n) is 6.96. The molecule has 2 heterocycles. The van der Waals surface area contributed by atoms with Crippen molar-refractivity contribution in [2.24, 2.45) is 0 Å². The molecule has 1 atom stereocenters. The summed E-state index contributed by atoms with van der Waals surface area (Å²) in [6.07, 6.45) is 2.32. The Morgan fingerprint density at radius 1 is 1.26 bits per heavy atom. The maximum absolute atomic E-state index is 13.1. The van der Waals surface area contributed by atoms with Crippen LogP contribution in [0.15, 0.2) is 47.3 Å². The number of aromatic amines is 1. The Labute approximate surface area is 206 Å². The Kier molecular flexibility index (Phi) is 7.54. The molecule has 180 valence electrons. The van der Waals surface area contributed by atoms with Crippen molar-refractivity contribution >= 4 is 33.9 Å². The maximum atomic E-state index is 13.1. The van der Waals surface area contributed by atoms with Gasteiger partial charge in [0.2, 0.25) is 0 Å². The van der Waals surface area contributed by atoms with E-state index >= 15 is 0 Å². The fraction of sp³-hybridized carbons (Fsp3) is 0.407. The molecule has 2 N–H and O–H groups in total. The highest BCUT2D eigenvalue weighted by Crippen LogP contribution is 2.25. The number of anilines is 1. The number of likely N-dealkylation sites (tertiary alicyclic amines) is 1. The van der Waals surface area contributed by atoms with Gasteiger partial charge in [0, 0.05) is 18.2 Å². The van der Waals surface area contributed by atoms with Crippen LogP contribution in [0.4, 0.5) is 5.69 Å². The van der Waals surface area contributed by atoms with Gasteiger partial charge >= 0.3 is 0 Å². The molecule has 1 aliphatic heterocycles. The number of rotatable bonds is 7. The number of pyridine rings is 1. The Morgan fingerprint density at radius 2 is 2.06 bits per heavy atom. The second kappa shape index (κ2) is 10.6. The molecule has 2 aromatic carbocycles. The summed E-state index contributed by atoms with van der Waals surface area (Å²) in [5.41, 5.74) is 4.64. The maximum Gasteiger partial charge on any atom is 0.253 e. The molecule has 1 aromatic heterocycles. The van der Waals surface area contributed by atoms with Crippen molar-refractivity contribution in [3.8, 4) is 5.75 Å². The first-order valence-electron chi connectivity index (χ1n) is 12.0. The number of aryl methyl sites for hydroxylation is 2. The van der Waals surface area contributed by atoms with Gasteiger partial charge in [-0.15, -0.1) is 0 Å². The third-order valence-corrected chi connectivity index (χ3v) is 7.32. The highest BCUT2D eigenvalue weighted by Gasteiger charge is 2.27. The van der Waals surface area contributed by atoms with E-state index in [1.807, 2.05) is 37.3 Å². The van der Waals surface area contributed by atoms with Gasteiger partial charge in [0.1, 0.15) is 5.75 Å². The number of nitrogens with one attached hydrogen (secondary N) is 2. The summed E-state index contributed by atoms with van der Waals surface area (Å²) in [7, 11) is 1.65. The van der Waals surface area contributed by atoms with Gasteiger partial charge in [-0.3, -0.25) is 9.69 Å². The summed E-state index contributed by atoms with van der Waals surface area (Å²) in [6, 6.07) is 14.3. The molecule has 1 fully saturated rings. The lowest BCUT2D eigenvalue weighted by molar-refractivity contribution is 0.221. The Balaban J connectivity index is 1.65. The highest BCUT2D eigenvalue weighted by atomic mass is 32.1. The lowest BCUT2D eigenvalue weighted by Crippen LogP contribution is -2.44. The zero-order chi connectivity index (χ0) is 24.2. The first-order chi connectivity index (χ1) is 16.4. The summed E-state index contributed by atoms with van der Waals surface area (Å²) in [4.78, 5) is 20.8. The minimum atomic E-state index is -0.0648. The number of hydrogen-bond donors (Lipinski definition) is 2. The van der Waals surface area contributed by atoms with Crippen LogP contribution in [0.5, 0.6) is 5.75 Å². The molecule has 0 bridgehead atoms. The van der Waals surface area contributed by atoms with Gasteiger partial charge in [0.15, 0.2) is 5.11 Å². The Morgan fingerprint density at radius 3 is 2.82 bits per heavy atom. The van der Waals surface area contributed by atoms with Crippen molar-refractivity contribution < 1.29 is 4.74 Å². The lowest BCUT2D eigenvalue weighted by Gasteiger charge is -2.32. The number of para-hydroxylation sites is 2. The highest BCUT2D eigenvalue weighted by molar-refractivity contribution is 7.80. The van der Waals surface area contributed by atoms with Crippen molar-refractivity contribution in [3.63, 3.8) is 0 Å². The molecule has 3 aromatic rings. The zero-order valence-electron chi connectivity index (χ0n) is 20.5. The second-order valence-corrected chi connectivity index (χ2v) is 9.42. The SMILES string of the molecule is CCN1CCC[C@H]1CN(Cc1cc2ccc(C)c(C)c2[nH]c1=O)C(=S)Nc1ccccc1OC. The first-order valence-corrected chi connectivity index (χ1v) is 12.4. The monoisotopic (exact) mass is 478 g/mol. The molecule has 7 heteroatoms. The summed E-state index contributed by atoms with van der Waals surface area (Å²) < 4.78 is 5.50. The van der Waals surface area contributed by atoms with E-state index in [2.05, 4.69) is 46.1 Å². The number of thiocarbonyl (C=S) groups is 1. The first kappa shape index (κ1) is 24.2. The van der Waals surface area contributed by atoms with Crippen LogP contribution in [0.1, 0.15) is 36.5 Å². The summed E-state index contributed by atoms with van der Waals surface area (Å²) >= 11 is 5.88. The largest absolute Gasteiger partial charge is 0.495 e. The molecule has 1 aliphatic rings. The van der Waals surface area contributed by atoms with Crippen LogP contribution < -0.4 is 15.6 Å². The fourth-order valence-electron chi connectivity index (χ4n) is 4.83. The average molecular weight is 479 g/mol. The topological polar surface area (TPSA) is 60.6 Å². The number of nitrogens with zero attached hydrogens (tertiary/aromatic N) is 2. The standard InChI is InChI=1S/C27H34N4O2S/c1-5-30-14-8-9-22(30)17-31(27(34)28-23-10-6-7-11-24(23)33-4)16-21-15-20-13-12-18(2)19(3)25(20)29-26(21)32/h6-7,10-13,15,22H,5,8-9,14,16-17H2,1-4H3,(H,28,34)(H,29,32)/t22-/m0/s1. The molecule has 0 radical (unpaired) electrons. The van der Waals surface area contributed by atoms with Crippen LogP contribution in [0.2, 0.25) is 0 Å². The van der Waals surface area contributed by atoms with Crippen LogP contribution in [-0.2, 0) is 6.54 Å². The minimum Gasteiger partial charge on any atom is -0.495 e. The number of likely N-dealkylation sites (N-methyl/N-ethyl adjacent to an activating group) is 1. The number of fused-ring (bicyclic) bond motifs is 1. The minimum absolute atomic E-state index is 0.0648. The molecule has 0 unspecified atom stereocenters. The number of benzene rings is 2. The number of methoxy groups -OCH3 is 1. The Bertz CT molecular complexity index is 1240. The van der Waals surface area contributed by atoms with E-state index in [9.17, 15) is 4.79 Å². The lowest BCUT2D eigenvalue weighted by atomic mass is 10.0. The molecule has 6 nitrogen and oxygen atoms in total. The quantitative estimate of drug-likeness (QED) is 0.474. The van der Waals surface area contributed by atoms with Gasteiger partial charge < -0.3 is 19.9 Å². The fourth-order valence-corrected chi connectivity index (χ4v) is 5.08. The van der Waals surface area contributed by atoms with E-state index in [0.29, 0.717) is 23.3 Å². The summed E-state index contributed by atoms with van der Waals surface area (Å²) in [5.74, 6) is 0.732. The van der Waals surface area contributed by atoms with E-state index in [4.69, 9.17) is 17.0 Å². The number of hydrogen-bond acceptors (Lipinski definition) is 4. The van der Waals surface area contributed by atoms with Gasteiger partial charge in [-0.25, -0.2) is 0 Å². The van der Waals surface area contributed by atoms with Crippen molar-refractivity contribution in [3.05, 3.63) is 69.5 Å². The van der Waals surface area contributed by atoms with Gasteiger partial charge in [0.25, 0.3) is 5.56 Å². The van der Waals surface area contributed by atoms with Crippen LogP contribution in [0, 0.1) is 13.8 Å². The number of aromatic nitrogens is 1. The van der Waals surface area contributed by atoms with Crippen molar-refractivity contribution in [1.29, 1.82) is 0 Å². The molecule has 4 rings (SSSR count). The summed E-state index contributed by atoms with van der Waals surface area (Å²) in [6.45, 7) is 9.63. The summed E-state index contributed by atoms with van der Waals surface area (Å²) in [5, 5.41) is 4.99. The second-order valence-electron chi connectivity index (χ2n) is 9.03. The van der Waals surface area contributed by atoms with Crippen molar-refractivity contribution in [2.75, 3.05) is 32.1 Å². The van der Waals surface area contributed by atoms with Gasteiger partial charge in [-0.05, 0) is 86.7 Å². The average Bonchev–Trinajstić information content (AvgIpc) is 3.29. The van der Waals surface area contributed by atoms with Crippen LogP contribution in [0.3, 0.4) is 0 Å². The van der Waals surface area contributed by atoms with Crippen LogP contribution >= 0.6 is 12.2 Å². The van der Waals surface area contributed by atoms with Crippen molar-refractivity contribution in [1.82, 2.24) is 14.8 Å². The van der Waals surface area contributed by atoms with Gasteiger partial charge in [-0.2, -0.15) is 0 Å². The van der Waals surface area contributed by atoms with E-state index in [-0.39, 0.29) is 5.56 Å². The predicted molar refractivity (Wildman–Crippen MR) is 144 cm³/mol. The molecular weight excluding hydrogens is 444 g/mol. The predicted octanol–water partition coefficient (Wildman–Crippen LogP) is 4.84. The van der Waals surface area contributed by atoms with E-state index in [1.54, 1.807) is 7.11 Å². The molecule has 0 saturated carbocycles. The molecule has 0 aliphatic carbocycles. The molecule has 34 heavy (non-hydrogen) atoms. The van der Waals surface area contributed by atoms with E-state index in [0.717, 1.165) is 54.0 Å². The van der Waals surface area contributed by atoms with Crippen LogP contribution in [-0.4, -0.2) is 52.7 Å². The number of ether oxygens (including phenoxy) is 1. The van der Waals surface area contributed by atoms with Crippen LogP contribution in [0.25, 0.3) is 10.9 Å².